The minimum atomic E-state index is -2.98. The fourth-order valence-corrected chi connectivity index (χ4v) is 4.48. The molecule has 0 saturated carbocycles. The number of aryl methyl sites for hydroxylation is 1. The topological polar surface area (TPSA) is 65.4 Å². The summed E-state index contributed by atoms with van der Waals surface area (Å²) in [6.07, 6.45) is 2.33. The van der Waals surface area contributed by atoms with Crippen molar-refractivity contribution in [2.24, 2.45) is 5.41 Å². The molecule has 170 valence electrons. The Morgan fingerprint density at radius 3 is 2.66 bits per heavy atom. The molecule has 3 heterocycles. The van der Waals surface area contributed by atoms with Crippen molar-refractivity contribution in [3.05, 3.63) is 41.0 Å². The highest BCUT2D eigenvalue weighted by molar-refractivity contribution is 7.13. The van der Waals surface area contributed by atoms with Crippen LogP contribution in [0.4, 0.5) is 8.78 Å². The van der Waals surface area contributed by atoms with Gasteiger partial charge in [-0.25, -0.2) is 4.98 Å². The van der Waals surface area contributed by atoms with E-state index in [1.54, 1.807) is 18.3 Å². The molecule has 0 aliphatic carbocycles. The number of halogens is 2. The van der Waals surface area contributed by atoms with E-state index in [1.165, 1.54) is 18.4 Å². The lowest BCUT2D eigenvalue weighted by Crippen LogP contribution is -2.33. The van der Waals surface area contributed by atoms with Crippen molar-refractivity contribution in [3.8, 4) is 33.3 Å². The van der Waals surface area contributed by atoms with Crippen LogP contribution in [-0.2, 0) is 13.0 Å². The molecule has 0 saturated heterocycles. The highest BCUT2D eigenvalue weighted by atomic mass is 32.1. The second kappa shape index (κ2) is 8.54. The Hall–Kier alpha value is -2.94. The first kappa shape index (κ1) is 22.3. The van der Waals surface area contributed by atoms with Gasteiger partial charge in [-0.3, -0.25) is 4.79 Å². The lowest BCUT2D eigenvalue weighted by molar-refractivity contribution is -0.0511. The van der Waals surface area contributed by atoms with Crippen LogP contribution < -0.4 is 14.8 Å². The Bertz CT molecular complexity index is 1130. The minimum Gasteiger partial charge on any atom is -0.493 e. The van der Waals surface area contributed by atoms with Gasteiger partial charge in [-0.1, -0.05) is 20.8 Å². The Morgan fingerprint density at radius 2 is 2.03 bits per heavy atom. The van der Waals surface area contributed by atoms with Crippen molar-refractivity contribution in [1.82, 2.24) is 14.9 Å². The molecular formula is C23H25F2N3O3S. The largest absolute Gasteiger partial charge is 0.493 e. The van der Waals surface area contributed by atoms with E-state index in [-0.39, 0.29) is 22.8 Å². The maximum Gasteiger partial charge on any atom is 0.387 e. The molecule has 1 aromatic carbocycles. The number of ether oxygens (including phenoxy) is 2. The Balaban J connectivity index is 1.86. The highest BCUT2D eigenvalue weighted by Gasteiger charge is 2.29. The molecule has 0 radical (unpaired) electrons. The van der Waals surface area contributed by atoms with Crippen molar-refractivity contribution >= 4 is 17.2 Å². The third-order valence-corrected chi connectivity index (χ3v) is 6.04. The second-order valence-electron chi connectivity index (χ2n) is 8.81. The van der Waals surface area contributed by atoms with Crippen LogP contribution in [0.15, 0.2) is 29.8 Å². The summed E-state index contributed by atoms with van der Waals surface area (Å²) in [5.41, 5.74) is 3.68. The molecule has 1 aliphatic rings. The van der Waals surface area contributed by atoms with Gasteiger partial charge >= 0.3 is 6.61 Å². The van der Waals surface area contributed by atoms with E-state index in [2.05, 4.69) is 31.1 Å². The fourth-order valence-electron chi connectivity index (χ4n) is 3.82. The number of methoxy groups -OCH3 is 1. The zero-order valence-electron chi connectivity index (χ0n) is 18.4. The van der Waals surface area contributed by atoms with Gasteiger partial charge in [-0.15, -0.1) is 11.3 Å². The number of aromatic nitrogens is 2. The molecular weight excluding hydrogens is 436 g/mol. The molecule has 9 heteroatoms. The Labute approximate surface area is 189 Å². The van der Waals surface area contributed by atoms with E-state index in [1.807, 2.05) is 16.0 Å². The van der Waals surface area contributed by atoms with Gasteiger partial charge in [0.15, 0.2) is 11.5 Å². The van der Waals surface area contributed by atoms with Gasteiger partial charge in [0.2, 0.25) is 0 Å². The first-order chi connectivity index (χ1) is 15.2. The molecule has 0 bridgehead atoms. The summed E-state index contributed by atoms with van der Waals surface area (Å²) in [7, 11) is 1.42. The first-order valence-electron chi connectivity index (χ1n) is 10.3. The van der Waals surface area contributed by atoms with Gasteiger partial charge < -0.3 is 19.4 Å². The molecule has 6 nitrogen and oxygen atoms in total. The van der Waals surface area contributed by atoms with Gasteiger partial charge in [0.05, 0.1) is 12.8 Å². The molecule has 1 amide bonds. The molecule has 3 aromatic rings. The summed E-state index contributed by atoms with van der Waals surface area (Å²) in [5, 5.41) is 5.62. The third-order valence-electron chi connectivity index (χ3n) is 5.24. The number of carbonyl (C=O) groups excluding carboxylic acids is 1. The summed E-state index contributed by atoms with van der Waals surface area (Å²) >= 11 is 1.46. The number of amides is 1. The summed E-state index contributed by atoms with van der Waals surface area (Å²) in [6, 6.07) is 5.13. The number of thiazole rings is 1. The molecule has 2 aromatic heterocycles. The molecule has 1 aliphatic heterocycles. The molecule has 1 N–H and O–H groups in total. The van der Waals surface area contributed by atoms with Gasteiger partial charge in [0, 0.05) is 35.8 Å². The van der Waals surface area contributed by atoms with Crippen LogP contribution in [0, 0.1) is 5.41 Å². The maximum atomic E-state index is 13.1. The van der Waals surface area contributed by atoms with E-state index in [0.29, 0.717) is 25.2 Å². The molecule has 0 fully saturated rings. The lowest BCUT2D eigenvalue weighted by Gasteiger charge is -2.24. The first-order valence-corrected chi connectivity index (χ1v) is 11.1. The summed E-state index contributed by atoms with van der Waals surface area (Å²) in [5.74, 6) is 0.0349. The van der Waals surface area contributed by atoms with E-state index < -0.39 is 6.61 Å². The van der Waals surface area contributed by atoms with Crippen molar-refractivity contribution in [2.45, 2.75) is 40.3 Å². The van der Waals surface area contributed by atoms with Crippen LogP contribution in [0.5, 0.6) is 11.5 Å². The number of hydrogen-bond donors (Lipinski definition) is 1. The van der Waals surface area contributed by atoms with E-state index in [9.17, 15) is 13.6 Å². The monoisotopic (exact) mass is 461 g/mol. The Kier molecular flexibility index (Phi) is 5.94. The molecule has 32 heavy (non-hydrogen) atoms. The number of alkyl halides is 2. The second-order valence-corrected chi connectivity index (χ2v) is 9.71. The number of fused-ring (bicyclic) bond motifs is 3. The van der Waals surface area contributed by atoms with Gasteiger partial charge in [0.1, 0.15) is 10.7 Å². The van der Waals surface area contributed by atoms with Crippen LogP contribution in [0.3, 0.4) is 0 Å². The molecule has 0 spiro atoms. The van der Waals surface area contributed by atoms with Crippen LogP contribution in [0.1, 0.15) is 36.8 Å². The smallest absolute Gasteiger partial charge is 0.387 e. The minimum absolute atomic E-state index is 0.0419. The maximum absolute atomic E-state index is 13.1. The predicted molar refractivity (Wildman–Crippen MR) is 120 cm³/mol. The summed E-state index contributed by atoms with van der Waals surface area (Å²) in [6.45, 7) is 4.28. The van der Waals surface area contributed by atoms with Gasteiger partial charge in [-0.2, -0.15) is 8.78 Å². The zero-order chi connectivity index (χ0) is 23.0. The number of nitrogens with zero attached hydrogens (tertiary/aromatic N) is 2. The SMILES string of the molecule is COc1cc2c(cc1OC(F)F)-c1c(-c3nccs3)cc(C(=O)NCC(C)(C)C)n1CC2. The van der Waals surface area contributed by atoms with Gasteiger partial charge in [-0.05, 0) is 35.6 Å². The number of benzene rings is 1. The zero-order valence-corrected chi connectivity index (χ0v) is 19.2. The van der Waals surface area contributed by atoms with Crippen molar-refractivity contribution < 1.29 is 23.0 Å². The Morgan fingerprint density at radius 1 is 1.25 bits per heavy atom. The van der Waals surface area contributed by atoms with Crippen LogP contribution in [0.25, 0.3) is 21.8 Å². The van der Waals surface area contributed by atoms with Crippen molar-refractivity contribution in [1.29, 1.82) is 0 Å². The average molecular weight is 462 g/mol. The number of rotatable bonds is 6. The fraction of sp³-hybridized carbons (Fsp3) is 0.391. The normalized spacial score (nSPS) is 13.0. The number of nitrogens with one attached hydrogen (secondary N) is 1. The average Bonchev–Trinajstić information content (AvgIpc) is 3.38. The summed E-state index contributed by atoms with van der Waals surface area (Å²) < 4.78 is 38.0. The van der Waals surface area contributed by atoms with Gasteiger partial charge in [0.25, 0.3) is 5.91 Å². The summed E-state index contributed by atoms with van der Waals surface area (Å²) in [4.78, 5) is 17.5. The van der Waals surface area contributed by atoms with Crippen molar-refractivity contribution in [3.63, 3.8) is 0 Å². The van der Waals surface area contributed by atoms with Crippen LogP contribution in [-0.4, -0.2) is 35.7 Å². The van der Waals surface area contributed by atoms with Crippen molar-refractivity contribution in [2.75, 3.05) is 13.7 Å². The third kappa shape index (κ3) is 4.34. The van der Waals surface area contributed by atoms with Crippen LogP contribution in [0.2, 0.25) is 0 Å². The predicted octanol–water partition coefficient (Wildman–Crippen LogP) is 5.22. The molecule has 0 unspecified atom stereocenters. The molecule has 0 atom stereocenters. The number of hydrogen-bond acceptors (Lipinski definition) is 5. The van der Waals surface area contributed by atoms with E-state index in [0.717, 1.165) is 27.4 Å². The van der Waals surface area contributed by atoms with E-state index in [4.69, 9.17) is 9.47 Å². The van der Waals surface area contributed by atoms with Crippen LogP contribution >= 0.6 is 11.3 Å². The molecule has 4 rings (SSSR count). The number of carbonyl (C=O) groups is 1. The quantitative estimate of drug-likeness (QED) is 0.547. The van der Waals surface area contributed by atoms with E-state index >= 15 is 0 Å². The highest BCUT2D eigenvalue weighted by Crippen LogP contribution is 2.44. The lowest BCUT2D eigenvalue weighted by atomic mass is 9.95. The standard InChI is InChI=1S/C23H25F2N3O3S/c1-23(2,3)12-27-20(29)16-10-15(21-26-6-8-32-21)19-14-11-18(31-22(24)25)17(30-4)9-13(14)5-7-28(16)19/h6,8-11,22H,5,7,12H2,1-4H3,(H,27,29).